The first-order valence-electron chi connectivity index (χ1n) is 10.0. The molecule has 1 amide bonds. The Morgan fingerprint density at radius 3 is 2.58 bits per heavy atom. The fraction of sp³-hybridized carbons (Fsp3) is 0.273. The fourth-order valence-electron chi connectivity index (χ4n) is 3.48. The van der Waals surface area contributed by atoms with Crippen molar-refractivity contribution in [1.82, 2.24) is 14.7 Å². The van der Waals surface area contributed by atoms with Gasteiger partial charge in [-0.05, 0) is 42.3 Å². The number of carbonyl (C=O) groups is 1. The monoisotopic (exact) mass is 437 g/mol. The molecule has 4 rings (SSSR count). The lowest BCUT2D eigenvalue weighted by Gasteiger charge is -2.26. The number of nitro groups is 1. The van der Waals surface area contributed by atoms with Crippen molar-refractivity contribution >= 4 is 29.0 Å². The molecule has 1 fully saturated rings. The normalized spacial score (nSPS) is 14.4. The molecule has 2 aromatic carbocycles. The molecule has 3 aromatic rings. The molecule has 1 N–H and O–H groups in total. The van der Waals surface area contributed by atoms with Crippen molar-refractivity contribution in [3.05, 3.63) is 81.7 Å². The van der Waals surface area contributed by atoms with Crippen LogP contribution in [0.1, 0.15) is 21.6 Å². The van der Waals surface area contributed by atoms with E-state index in [1.54, 1.807) is 24.4 Å². The molecule has 9 heteroatoms. The van der Waals surface area contributed by atoms with Crippen molar-refractivity contribution in [2.24, 2.45) is 0 Å². The average Bonchev–Trinajstić information content (AvgIpc) is 3.27. The second kappa shape index (κ2) is 9.32. The number of hydrogen-bond acceptors (Lipinski definition) is 6. The zero-order valence-electron chi connectivity index (χ0n) is 17.2. The van der Waals surface area contributed by atoms with Gasteiger partial charge in [0.2, 0.25) is 0 Å². The summed E-state index contributed by atoms with van der Waals surface area (Å²) in [6.45, 7) is 5.13. The van der Waals surface area contributed by atoms with E-state index in [9.17, 15) is 14.9 Å². The maximum absolute atomic E-state index is 12.7. The van der Waals surface area contributed by atoms with Gasteiger partial charge in [-0.3, -0.25) is 19.8 Å². The summed E-state index contributed by atoms with van der Waals surface area (Å²) >= 11 is 2.00. The Labute approximate surface area is 184 Å². The number of nitrogens with one attached hydrogen (secondary N) is 1. The van der Waals surface area contributed by atoms with E-state index >= 15 is 0 Å². The number of anilines is 1. The third-order valence-corrected chi connectivity index (χ3v) is 6.14. The van der Waals surface area contributed by atoms with E-state index in [0.29, 0.717) is 5.69 Å². The number of aryl methyl sites for hydroxylation is 1. The highest BCUT2D eigenvalue weighted by atomic mass is 32.2. The summed E-state index contributed by atoms with van der Waals surface area (Å²) in [5, 5.41) is 18.0. The molecule has 31 heavy (non-hydrogen) atoms. The zero-order valence-corrected chi connectivity index (χ0v) is 18.0. The van der Waals surface area contributed by atoms with Gasteiger partial charge in [0.15, 0.2) is 5.69 Å². The maximum Gasteiger partial charge on any atom is 0.276 e. The van der Waals surface area contributed by atoms with Crippen LogP contribution in [-0.4, -0.2) is 50.1 Å². The van der Waals surface area contributed by atoms with Crippen LogP contribution in [0.4, 0.5) is 11.4 Å². The lowest BCUT2D eigenvalue weighted by molar-refractivity contribution is -0.384. The minimum Gasteiger partial charge on any atom is -0.320 e. The van der Waals surface area contributed by atoms with Gasteiger partial charge in [0.05, 0.1) is 10.6 Å². The smallest absolute Gasteiger partial charge is 0.276 e. The van der Waals surface area contributed by atoms with Crippen LogP contribution >= 0.6 is 11.8 Å². The number of rotatable bonds is 6. The van der Waals surface area contributed by atoms with Gasteiger partial charge in [-0.2, -0.15) is 16.9 Å². The van der Waals surface area contributed by atoms with Crippen LogP contribution in [-0.2, 0) is 6.54 Å². The molecule has 0 spiro atoms. The van der Waals surface area contributed by atoms with Gasteiger partial charge in [-0.15, -0.1) is 0 Å². The average molecular weight is 438 g/mol. The summed E-state index contributed by atoms with van der Waals surface area (Å²) in [5.41, 5.74) is 3.92. The maximum atomic E-state index is 12.7. The predicted molar refractivity (Wildman–Crippen MR) is 122 cm³/mol. The van der Waals surface area contributed by atoms with Crippen molar-refractivity contribution < 1.29 is 9.72 Å². The summed E-state index contributed by atoms with van der Waals surface area (Å²) < 4.78 is 1.52. The second-order valence-electron chi connectivity index (χ2n) is 7.41. The molecule has 1 aliphatic rings. The first-order valence-corrected chi connectivity index (χ1v) is 11.2. The SMILES string of the molecule is Cc1cc(CN2CCSCC2)ccc1NC(=O)c1ccn(-c2ccc([N+](=O)[O-])cc2)n1. The van der Waals surface area contributed by atoms with E-state index in [0.717, 1.165) is 30.9 Å². The summed E-state index contributed by atoms with van der Waals surface area (Å²) in [6.07, 6.45) is 1.66. The Balaban J connectivity index is 1.41. The summed E-state index contributed by atoms with van der Waals surface area (Å²) in [4.78, 5) is 25.5. The fourth-order valence-corrected chi connectivity index (χ4v) is 4.46. The van der Waals surface area contributed by atoms with Gasteiger partial charge in [0.25, 0.3) is 11.6 Å². The zero-order chi connectivity index (χ0) is 21.8. The van der Waals surface area contributed by atoms with E-state index in [4.69, 9.17) is 0 Å². The van der Waals surface area contributed by atoms with E-state index in [-0.39, 0.29) is 17.3 Å². The number of hydrogen-bond donors (Lipinski definition) is 1. The number of benzene rings is 2. The van der Waals surface area contributed by atoms with E-state index in [2.05, 4.69) is 27.4 Å². The highest BCUT2D eigenvalue weighted by molar-refractivity contribution is 7.99. The van der Waals surface area contributed by atoms with E-state index in [1.807, 2.05) is 24.8 Å². The van der Waals surface area contributed by atoms with Crippen LogP contribution < -0.4 is 5.32 Å². The van der Waals surface area contributed by atoms with Gasteiger partial charge in [-0.25, -0.2) is 4.68 Å². The van der Waals surface area contributed by atoms with Crippen LogP contribution in [0.3, 0.4) is 0 Å². The summed E-state index contributed by atoms with van der Waals surface area (Å²) in [7, 11) is 0. The number of aromatic nitrogens is 2. The van der Waals surface area contributed by atoms with Gasteiger partial charge in [-0.1, -0.05) is 12.1 Å². The molecule has 1 aliphatic heterocycles. The highest BCUT2D eigenvalue weighted by Gasteiger charge is 2.14. The molecule has 1 saturated heterocycles. The highest BCUT2D eigenvalue weighted by Crippen LogP contribution is 2.20. The molecule has 0 aliphatic carbocycles. The lowest BCUT2D eigenvalue weighted by atomic mass is 10.1. The Morgan fingerprint density at radius 2 is 1.90 bits per heavy atom. The third-order valence-electron chi connectivity index (χ3n) is 5.20. The van der Waals surface area contributed by atoms with Crippen LogP contribution in [0.5, 0.6) is 0 Å². The van der Waals surface area contributed by atoms with Gasteiger partial charge in [0.1, 0.15) is 0 Å². The molecule has 1 aromatic heterocycles. The van der Waals surface area contributed by atoms with Crippen LogP contribution in [0.15, 0.2) is 54.7 Å². The molecule has 2 heterocycles. The van der Waals surface area contributed by atoms with E-state index < -0.39 is 4.92 Å². The van der Waals surface area contributed by atoms with Crippen molar-refractivity contribution in [2.45, 2.75) is 13.5 Å². The predicted octanol–water partition coefficient (Wildman–Crippen LogP) is 3.89. The van der Waals surface area contributed by atoms with Crippen LogP contribution in [0, 0.1) is 17.0 Å². The molecule has 0 radical (unpaired) electrons. The van der Waals surface area contributed by atoms with Crippen molar-refractivity contribution in [1.29, 1.82) is 0 Å². The first-order chi connectivity index (χ1) is 15.0. The van der Waals surface area contributed by atoms with Crippen molar-refractivity contribution in [2.75, 3.05) is 29.9 Å². The minimum atomic E-state index is -0.453. The number of carbonyl (C=O) groups excluding carboxylic acids is 1. The largest absolute Gasteiger partial charge is 0.320 e. The second-order valence-corrected chi connectivity index (χ2v) is 8.64. The molecule has 0 unspecified atom stereocenters. The topological polar surface area (TPSA) is 93.3 Å². The molecule has 0 bridgehead atoms. The van der Waals surface area contributed by atoms with Crippen molar-refractivity contribution in [3.63, 3.8) is 0 Å². The summed E-state index contributed by atoms with van der Waals surface area (Å²) in [5.74, 6) is 2.06. The van der Waals surface area contributed by atoms with Gasteiger partial charge < -0.3 is 5.32 Å². The van der Waals surface area contributed by atoms with Crippen LogP contribution in [0.2, 0.25) is 0 Å². The van der Waals surface area contributed by atoms with Crippen LogP contribution in [0.25, 0.3) is 5.69 Å². The Bertz CT molecular complexity index is 1090. The minimum absolute atomic E-state index is 0.00645. The van der Waals surface area contributed by atoms with E-state index in [1.165, 1.54) is 33.9 Å². The quantitative estimate of drug-likeness (QED) is 0.465. The van der Waals surface area contributed by atoms with Gasteiger partial charge in [0, 0.05) is 55.2 Å². The Morgan fingerprint density at radius 1 is 1.16 bits per heavy atom. The summed E-state index contributed by atoms with van der Waals surface area (Å²) in [6, 6.07) is 13.7. The molecule has 0 saturated carbocycles. The number of amides is 1. The number of thioether (sulfide) groups is 1. The Kier molecular flexibility index (Phi) is 6.34. The number of non-ortho nitro benzene ring substituents is 1. The molecular weight excluding hydrogens is 414 g/mol. The Hall–Kier alpha value is -3.17. The van der Waals surface area contributed by atoms with Gasteiger partial charge >= 0.3 is 0 Å². The van der Waals surface area contributed by atoms with Crippen molar-refractivity contribution in [3.8, 4) is 5.69 Å². The standard InChI is InChI=1S/C22H23N5O3S/c1-16-14-17(15-25-10-12-31-13-11-25)2-7-20(16)23-22(28)21-8-9-26(24-21)18-3-5-19(6-4-18)27(29)30/h2-9,14H,10-13,15H2,1H3,(H,23,28). The third kappa shape index (κ3) is 5.12. The number of nitro benzene ring substituents is 1. The lowest BCUT2D eigenvalue weighted by Crippen LogP contribution is -2.31. The molecular formula is C22H23N5O3S. The molecule has 8 nitrogen and oxygen atoms in total. The molecule has 160 valence electrons. The first kappa shape index (κ1) is 21.1. The number of nitrogens with zero attached hydrogens (tertiary/aromatic N) is 4. The molecule has 0 atom stereocenters.